The van der Waals surface area contributed by atoms with Gasteiger partial charge >= 0.3 is 0 Å². The van der Waals surface area contributed by atoms with Gasteiger partial charge in [0.15, 0.2) is 46.5 Å². The molecule has 3 aromatic carbocycles. The van der Waals surface area contributed by atoms with Gasteiger partial charge in [-0.2, -0.15) is 15.0 Å². The van der Waals surface area contributed by atoms with Crippen molar-refractivity contribution in [3.05, 3.63) is 70.8 Å². The fourth-order valence-corrected chi connectivity index (χ4v) is 3.82. The Morgan fingerprint density at radius 3 is 1.44 bits per heavy atom. The summed E-state index contributed by atoms with van der Waals surface area (Å²) in [6.45, 7) is 0.0807. The molecule has 0 spiro atoms. The highest BCUT2D eigenvalue weighted by atomic mass is 19.2. The topological polar surface area (TPSA) is 47.8 Å². The first kappa shape index (κ1) is 25.3. The van der Waals surface area contributed by atoms with Gasteiger partial charge < -0.3 is 4.79 Å². The van der Waals surface area contributed by atoms with E-state index in [1.54, 1.807) is 0 Å². The lowest BCUT2D eigenvalue weighted by atomic mass is 9.96. The molecule has 4 aromatic rings. The largest absolute Gasteiger partial charge is 0.303 e. The number of hydrogen-bond acceptors (Lipinski definition) is 3. The molecule has 0 saturated carbocycles. The fraction of sp³-hybridized carbons (Fsp3) is 0.208. The lowest BCUT2D eigenvalue weighted by molar-refractivity contribution is -0.107. The molecule has 0 aliphatic carbocycles. The van der Waals surface area contributed by atoms with Crippen LogP contribution in [0.25, 0.3) is 33.3 Å². The maximum atomic E-state index is 14.6. The first-order valence-electron chi connectivity index (χ1n) is 10.6. The van der Waals surface area contributed by atoms with E-state index in [0.29, 0.717) is 25.7 Å². The van der Waals surface area contributed by atoms with Crippen LogP contribution in [0.5, 0.6) is 0 Å². The van der Waals surface area contributed by atoms with Gasteiger partial charge in [0.05, 0.1) is 17.7 Å². The Bertz CT molecular complexity index is 1330. The average molecular weight is 513 g/mol. The van der Waals surface area contributed by atoms with Crippen LogP contribution in [-0.2, 0) is 11.3 Å². The highest BCUT2D eigenvalue weighted by molar-refractivity contribution is 6.00. The number of halogens is 8. The Balaban J connectivity index is 1.96. The number of aryl methyl sites for hydroxylation is 1. The van der Waals surface area contributed by atoms with Crippen LogP contribution in [0, 0.1) is 46.5 Å². The molecule has 188 valence electrons. The normalized spacial score (nSPS) is 11.4. The van der Waals surface area contributed by atoms with Crippen molar-refractivity contribution in [2.24, 2.45) is 0 Å². The number of carbonyl (C=O) groups excluding carboxylic acids is 1. The van der Waals surface area contributed by atoms with Crippen molar-refractivity contribution in [2.75, 3.05) is 0 Å². The highest BCUT2D eigenvalue weighted by Crippen LogP contribution is 2.39. The van der Waals surface area contributed by atoms with E-state index in [9.17, 15) is 39.9 Å². The summed E-state index contributed by atoms with van der Waals surface area (Å²) in [5.74, 6) is -13.8. The zero-order valence-electron chi connectivity index (χ0n) is 18.2. The molecule has 1 aromatic heterocycles. The smallest absolute Gasteiger partial charge is 0.169 e. The van der Waals surface area contributed by atoms with Crippen LogP contribution >= 0.6 is 0 Å². The summed E-state index contributed by atoms with van der Waals surface area (Å²) in [6.07, 6.45) is 2.59. The van der Waals surface area contributed by atoms with E-state index >= 15 is 0 Å². The number of hydrogen-bond donors (Lipinski definition) is 0. The van der Waals surface area contributed by atoms with E-state index in [1.807, 2.05) is 0 Å². The Labute approximate surface area is 198 Å². The van der Waals surface area contributed by atoms with E-state index in [-0.39, 0.29) is 18.7 Å². The molecular weight excluding hydrogens is 498 g/mol. The van der Waals surface area contributed by atoms with E-state index in [0.717, 1.165) is 23.2 Å². The molecule has 36 heavy (non-hydrogen) atoms. The first-order valence-corrected chi connectivity index (χ1v) is 10.6. The van der Waals surface area contributed by atoms with Gasteiger partial charge in [-0.1, -0.05) is 18.6 Å². The molecular formula is C24H15F8N3O. The number of nitrogens with zero attached hydrogens (tertiary/aromatic N) is 3. The van der Waals surface area contributed by atoms with Gasteiger partial charge in [-0.15, -0.1) is 0 Å². The number of rotatable bonds is 8. The third-order valence-corrected chi connectivity index (χ3v) is 5.52. The summed E-state index contributed by atoms with van der Waals surface area (Å²) >= 11 is 0. The van der Waals surface area contributed by atoms with Crippen molar-refractivity contribution >= 4 is 17.3 Å². The molecule has 4 rings (SSSR count). The molecule has 0 aliphatic rings. The van der Waals surface area contributed by atoms with Crippen molar-refractivity contribution in [1.29, 1.82) is 0 Å². The van der Waals surface area contributed by atoms with Crippen LogP contribution in [0.1, 0.15) is 25.7 Å². The Kier molecular flexibility index (Phi) is 7.04. The minimum absolute atomic E-state index is 0.0101. The molecule has 0 atom stereocenters. The summed E-state index contributed by atoms with van der Waals surface area (Å²) in [4.78, 5) is 11.5. The van der Waals surface area contributed by atoms with Gasteiger partial charge in [0, 0.05) is 29.7 Å². The van der Waals surface area contributed by atoms with Gasteiger partial charge in [0.2, 0.25) is 0 Å². The fourth-order valence-electron chi connectivity index (χ4n) is 3.82. The molecule has 0 amide bonds. The van der Waals surface area contributed by atoms with E-state index in [1.165, 1.54) is 0 Å². The van der Waals surface area contributed by atoms with Crippen LogP contribution in [-0.4, -0.2) is 21.3 Å². The standard InChI is InChI=1S/C24H15F8N3O/c25-13-9-14(26)20(30)17(19(13)29)11-5-6-12(18-21(31)15(27)10-16(28)22(18)32)24-23(11)33-35(34-24)7-3-1-2-4-8-36/h5-6,8-10H,1-4,7H2. The predicted octanol–water partition coefficient (Wildman–Crippen LogP) is 6.64. The zero-order valence-corrected chi connectivity index (χ0v) is 18.2. The Morgan fingerprint density at radius 2 is 1.06 bits per heavy atom. The molecule has 0 fully saturated rings. The van der Waals surface area contributed by atoms with Crippen LogP contribution in [0.2, 0.25) is 0 Å². The number of aldehydes is 1. The number of unbranched alkanes of at least 4 members (excludes halogenated alkanes) is 3. The molecule has 0 unspecified atom stereocenters. The lowest BCUT2D eigenvalue weighted by Crippen LogP contribution is -2.02. The molecule has 0 N–H and O–H groups in total. The van der Waals surface area contributed by atoms with Gasteiger partial charge in [0.25, 0.3) is 0 Å². The zero-order chi connectivity index (χ0) is 26.1. The second-order valence-corrected chi connectivity index (χ2v) is 7.86. The minimum Gasteiger partial charge on any atom is -0.303 e. The molecule has 0 saturated heterocycles. The number of aromatic nitrogens is 3. The lowest BCUT2D eigenvalue weighted by Gasteiger charge is -2.11. The maximum Gasteiger partial charge on any atom is 0.169 e. The highest BCUT2D eigenvalue weighted by Gasteiger charge is 2.28. The van der Waals surface area contributed by atoms with Crippen molar-refractivity contribution in [1.82, 2.24) is 15.0 Å². The van der Waals surface area contributed by atoms with Crippen LogP contribution in [0.3, 0.4) is 0 Å². The Hall–Kier alpha value is -3.83. The second kappa shape index (κ2) is 10.0. The molecule has 0 bridgehead atoms. The van der Waals surface area contributed by atoms with E-state index < -0.39 is 79.8 Å². The maximum absolute atomic E-state index is 14.6. The van der Waals surface area contributed by atoms with Crippen molar-refractivity contribution in [2.45, 2.75) is 32.2 Å². The summed E-state index contributed by atoms with van der Waals surface area (Å²) < 4.78 is 114. The Morgan fingerprint density at radius 1 is 0.639 bits per heavy atom. The third-order valence-electron chi connectivity index (χ3n) is 5.52. The van der Waals surface area contributed by atoms with E-state index in [4.69, 9.17) is 0 Å². The number of fused-ring (bicyclic) bond motifs is 1. The first-order chi connectivity index (χ1) is 17.1. The molecule has 0 radical (unpaired) electrons. The second-order valence-electron chi connectivity index (χ2n) is 7.86. The number of carbonyl (C=O) groups is 1. The minimum atomic E-state index is -1.75. The SMILES string of the molecule is O=CCCCCCn1nc2c(-c3c(F)c(F)cc(F)c3F)ccc(-c3c(F)c(F)cc(F)c3F)c2n1. The third kappa shape index (κ3) is 4.42. The van der Waals surface area contributed by atoms with Gasteiger partial charge in [-0.3, -0.25) is 0 Å². The number of benzene rings is 3. The van der Waals surface area contributed by atoms with Crippen LogP contribution < -0.4 is 0 Å². The van der Waals surface area contributed by atoms with Gasteiger partial charge in [0.1, 0.15) is 17.3 Å². The van der Waals surface area contributed by atoms with Crippen molar-refractivity contribution in [3.63, 3.8) is 0 Å². The van der Waals surface area contributed by atoms with E-state index in [2.05, 4.69) is 10.2 Å². The molecule has 1 heterocycles. The van der Waals surface area contributed by atoms with Gasteiger partial charge in [-0.05, 0) is 12.8 Å². The monoisotopic (exact) mass is 513 g/mol. The average Bonchev–Trinajstić information content (AvgIpc) is 3.27. The summed E-state index contributed by atoms with van der Waals surface area (Å²) in [5.41, 5.74) is -4.15. The summed E-state index contributed by atoms with van der Waals surface area (Å²) in [7, 11) is 0. The molecule has 0 aliphatic heterocycles. The predicted molar refractivity (Wildman–Crippen MR) is 113 cm³/mol. The molecule has 4 nitrogen and oxygen atoms in total. The van der Waals surface area contributed by atoms with Gasteiger partial charge in [-0.25, -0.2) is 35.1 Å². The quantitative estimate of drug-likeness (QED) is 0.115. The molecule has 12 heteroatoms. The van der Waals surface area contributed by atoms with Crippen molar-refractivity contribution < 1.29 is 39.9 Å². The summed E-state index contributed by atoms with van der Waals surface area (Å²) in [6, 6.07) is 1.75. The summed E-state index contributed by atoms with van der Waals surface area (Å²) in [5, 5.41) is 8.13. The van der Waals surface area contributed by atoms with Crippen molar-refractivity contribution in [3.8, 4) is 22.3 Å². The van der Waals surface area contributed by atoms with Crippen LogP contribution in [0.15, 0.2) is 24.3 Å². The van der Waals surface area contributed by atoms with Crippen LogP contribution in [0.4, 0.5) is 35.1 Å².